The van der Waals surface area contributed by atoms with Crippen LogP contribution in [0.2, 0.25) is 0 Å². The normalized spacial score (nSPS) is 11.7. The van der Waals surface area contributed by atoms with E-state index in [1.165, 1.54) is 6.07 Å². The van der Waals surface area contributed by atoms with Crippen LogP contribution in [0.25, 0.3) is 11.0 Å². The van der Waals surface area contributed by atoms with Gasteiger partial charge in [0.1, 0.15) is 23.5 Å². The van der Waals surface area contributed by atoms with Gasteiger partial charge in [0.25, 0.3) is 5.69 Å². The number of non-ortho nitro benzene ring substituents is 1. The third-order valence-electron chi connectivity index (χ3n) is 3.20. The molecule has 0 spiro atoms. The molecule has 0 saturated carbocycles. The summed E-state index contributed by atoms with van der Waals surface area (Å²) < 4.78 is 6.94. The van der Waals surface area contributed by atoms with E-state index in [4.69, 9.17) is 4.74 Å². The molecular formula is C16H21N3O4. The largest absolute Gasteiger partial charge is 0.459 e. The van der Waals surface area contributed by atoms with Crippen LogP contribution in [0, 0.1) is 10.1 Å². The van der Waals surface area contributed by atoms with Crippen molar-refractivity contribution in [3.05, 3.63) is 34.1 Å². The predicted molar refractivity (Wildman–Crippen MR) is 86.2 cm³/mol. The standard InChI is InChI=1S/C16H21N3O4/c1-5-7-13-17-11-8-6-9-12(19(21)22)15(11)18(13)10-14(20)23-16(2,3)4/h6,8-9H,5,7,10H2,1-4H3. The highest BCUT2D eigenvalue weighted by atomic mass is 16.6. The van der Waals surface area contributed by atoms with Gasteiger partial charge in [-0.3, -0.25) is 14.9 Å². The lowest BCUT2D eigenvalue weighted by Crippen LogP contribution is -2.27. The fourth-order valence-corrected chi connectivity index (χ4v) is 2.45. The number of nitrogens with zero attached hydrogens (tertiary/aromatic N) is 3. The Labute approximate surface area is 134 Å². The zero-order chi connectivity index (χ0) is 17.2. The molecule has 0 bridgehead atoms. The first-order chi connectivity index (χ1) is 10.7. The maximum absolute atomic E-state index is 12.2. The summed E-state index contributed by atoms with van der Waals surface area (Å²) in [5.74, 6) is 0.218. The SMILES string of the molecule is CCCc1nc2cccc([N+](=O)[O-])c2n1CC(=O)OC(C)(C)C. The van der Waals surface area contributed by atoms with Crippen molar-refractivity contribution in [1.82, 2.24) is 9.55 Å². The number of carbonyl (C=O) groups excluding carboxylic acids is 1. The van der Waals surface area contributed by atoms with E-state index in [1.54, 1.807) is 37.5 Å². The van der Waals surface area contributed by atoms with Gasteiger partial charge in [-0.25, -0.2) is 4.98 Å². The van der Waals surface area contributed by atoms with Crippen LogP contribution < -0.4 is 0 Å². The van der Waals surface area contributed by atoms with Crippen LogP contribution in [0.1, 0.15) is 39.9 Å². The second kappa shape index (κ2) is 6.36. The van der Waals surface area contributed by atoms with E-state index in [1.807, 2.05) is 6.92 Å². The van der Waals surface area contributed by atoms with Gasteiger partial charge >= 0.3 is 5.97 Å². The predicted octanol–water partition coefficient (Wildman–Crippen LogP) is 3.24. The van der Waals surface area contributed by atoms with Gasteiger partial charge in [0.2, 0.25) is 0 Å². The number of aryl methyl sites for hydroxylation is 1. The topological polar surface area (TPSA) is 87.3 Å². The molecule has 0 amide bonds. The highest BCUT2D eigenvalue weighted by molar-refractivity contribution is 5.87. The highest BCUT2D eigenvalue weighted by Gasteiger charge is 2.23. The van der Waals surface area contributed by atoms with E-state index < -0.39 is 16.5 Å². The maximum Gasteiger partial charge on any atom is 0.326 e. The van der Waals surface area contributed by atoms with Crippen molar-refractivity contribution in [2.75, 3.05) is 0 Å². The summed E-state index contributed by atoms with van der Waals surface area (Å²) in [6.45, 7) is 7.25. The van der Waals surface area contributed by atoms with E-state index in [0.717, 1.165) is 6.42 Å². The van der Waals surface area contributed by atoms with Gasteiger partial charge in [0.05, 0.1) is 10.4 Å². The Hall–Kier alpha value is -2.44. The summed E-state index contributed by atoms with van der Waals surface area (Å²) in [6, 6.07) is 4.74. The van der Waals surface area contributed by atoms with Gasteiger partial charge in [-0.2, -0.15) is 0 Å². The lowest BCUT2D eigenvalue weighted by molar-refractivity contribution is -0.383. The number of hydrogen-bond acceptors (Lipinski definition) is 5. The Morgan fingerprint density at radius 3 is 2.65 bits per heavy atom. The molecule has 0 fully saturated rings. The molecule has 23 heavy (non-hydrogen) atoms. The average molecular weight is 319 g/mol. The Kier molecular flexibility index (Phi) is 4.68. The molecule has 1 aromatic carbocycles. The van der Waals surface area contributed by atoms with Crippen LogP contribution in [-0.2, 0) is 22.5 Å². The van der Waals surface area contributed by atoms with E-state index >= 15 is 0 Å². The summed E-state index contributed by atoms with van der Waals surface area (Å²) in [7, 11) is 0. The lowest BCUT2D eigenvalue weighted by atomic mass is 10.2. The van der Waals surface area contributed by atoms with Crippen molar-refractivity contribution >= 4 is 22.7 Å². The molecule has 0 atom stereocenters. The molecule has 0 radical (unpaired) electrons. The summed E-state index contributed by atoms with van der Waals surface area (Å²) in [6.07, 6.45) is 1.46. The molecule has 0 saturated heterocycles. The van der Waals surface area contributed by atoms with Gasteiger partial charge in [-0.15, -0.1) is 0 Å². The number of rotatable bonds is 5. The van der Waals surface area contributed by atoms with Crippen LogP contribution in [0.4, 0.5) is 5.69 Å². The smallest absolute Gasteiger partial charge is 0.326 e. The third kappa shape index (κ3) is 3.85. The van der Waals surface area contributed by atoms with E-state index in [9.17, 15) is 14.9 Å². The van der Waals surface area contributed by atoms with Crippen molar-refractivity contribution in [2.45, 2.75) is 52.7 Å². The molecule has 1 aromatic heterocycles. The second-order valence-corrected chi connectivity index (χ2v) is 6.35. The second-order valence-electron chi connectivity index (χ2n) is 6.35. The lowest BCUT2D eigenvalue weighted by Gasteiger charge is -2.20. The van der Waals surface area contributed by atoms with Gasteiger partial charge in [-0.05, 0) is 33.3 Å². The van der Waals surface area contributed by atoms with E-state index in [2.05, 4.69) is 4.98 Å². The van der Waals surface area contributed by atoms with E-state index in [0.29, 0.717) is 23.3 Å². The molecule has 2 rings (SSSR count). The Bertz CT molecular complexity index is 744. The molecule has 2 aromatic rings. The summed E-state index contributed by atoms with van der Waals surface area (Å²) in [5, 5.41) is 11.3. The molecule has 1 heterocycles. The molecular weight excluding hydrogens is 298 g/mol. The molecule has 0 aliphatic heterocycles. The van der Waals surface area contributed by atoms with Crippen molar-refractivity contribution < 1.29 is 14.5 Å². The number of nitro benzene ring substituents is 1. The van der Waals surface area contributed by atoms with Crippen molar-refractivity contribution in [1.29, 1.82) is 0 Å². The van der Waals surface area contributed by atoms with Crippen LogP contribution in [-0.4, -0.2) is 26.0 Å². The minimum atomic E-state index is -0.607. The van der Waals surface area contributed by atoms with Gasteiger partial charge < -0.3 is 9.30 Å². The first kappa shape index (κ1) is 16.9. The minimum absolute atomic E-state index is 0.0547. The number of hydrogen-bond donors (Lipinski definition) is 0. The monoisotopic (exact) mass is 319 g/mol. The van der Waals surface area contributed by atoms with Crippen molar-refractivity contribution in [2.24, 2.45) is 0 Å². The number of imidazole rings is 1. The fraction of sp³-hybridized carbons (Fsp3) is 0.500. The first-order valence-electron chi connectivity index (χ1n) is 7.57. The van der Waals surface area contributed by atoms with Gasteiger partial charge in [0, 0.05) is 12.5 Å². The molecule has 7 heteroatoms. The quantitative estimate of drug-likeness (QED) is 0.479. The summed E-state index contributed by atoms with van der Waals surface area (Å²) >= 11 is 0. The number of fused-ring (bicyclic) bond motifs is 1. The molecule has 7 nitrogen and oxygen atoms in total. The van der Waals surface area contributed by atoms with Gasteiger partial charge in [0.15, 0.2) is 0 Å². The number of aromatic nitrogens is 2. The molecule has 0 aliphatic rings. The van der Waals surface area contributed by atoms with Crippen LogP contribution in [0.5, 0.6) is 0 Å². The van der Waals surface area contributed by atoms with Crippen LogP contribution >= 0.6 is 0 Å². The summed E-state index contributed by atoms with van der Waals surface area (Å²) in [4.78, 5) is 27.5. The Morgan fingerprint density at radius 2 is 2.09 bits per heavy atom. The first-order valence-corrected chi connectivity index (χ1v) is 7.57. The number of carbonyl (C=O) groups is 1. The third-order valence-corrected chi connectivity index (χ3v) is 3.20. The fourth-order valence-electron chi connectivity index (χ4n) is 2.45. The number of ether oxygens (including phenoxy) is 1. The minimum Gasteiger partial charge on any atom is -0.459 e. The number of para-hydroxylation sites is 1. The Morgan fingerprint density at radius 1 is 1.39 bits per heavy atom. The van der Waals surface area contributed by atoms with Crippen molar-refractivity contribution in [3.8, 4) is 0 Å². The maximum atomic E-state index is 12.2. The Balaban J connectivity index is 2.52. The van der Waals surface area contributed by atoms with Crippen molar-refractivity contribution in [3.63, 3.8) is 0 Å². The number of nitro groups is 1. The van der Waals surface area contributed by atoms with Crippen LogP contribution in [0.15, 0.2) is 18.2 Å². The van der Waals surface area contributed by atoms with Crippen LogP contribution in [0.3, 0.4) is 0 Å². The van der Waals surface area contributed by atoms with Gasteiger partial charge in [-0.1, -0.05) is 13.0 Å². The zero-order valence-corrected chi connectivity index (χ0v) is 13.8. The average Bonchev–Trinajstić information content (AvgIpc) is 2.75. The molecule has 124 valence electrons. The summed E-state index contributed by atoms with van der Waals surface area (Å²) in [5.41, 5.74) is 0.226. The van der Waals surface area contributed by atoms with E-state index in [-0.39, 0.29) is 12.2 Å². The number of benzene rings is 1. The highest BCUT2D eigenvalue weighted by Crippen LogP contribution is 2.27. The molecule has 0 N–H and O–H groups in total. The number of esters is 1. The molecule has 0 aliphatic carbocycles. The zero-order valence-electron chi connectivity index (χ0n) is 13.8. The molecule has 0 unspecified atom stereocenters.